The highest BCUT2D eigenvalue weighted by molar-refractivity contribution is 5.75. The van der Waals surface area contributed by atoms with Gasteiger partial charge < -0.3 is 30.0 Å². The molecular formula is C40H49N3O5. The molecule has 9 rings (SSSR count). The highest BCUT2D eigenvalue weighted by atomic mass is 16.7. The highest BCUT2D eigenvalue weighted by Gasteiger charge is 2.51. The first kappa shape index (κ1) is 32.0. The maximum atomic E-state index is 13.1. The van der Waals surface area contributed by atoms with Crippen LogP contribution in [0.5, 0.6) is 0 Å². The minimum Gasteiger partial charge on any atom is -0.392 e. The lowest BCUT2D eigenvalue weighted by molar-refractivity contribution is -0.253. The van der Waals surface area contributed by atoms with Gasteiger partial charge in [0.2, 0.25) is 0 Å². The van der Waals surface area contributed by atoms with E-state index in [1.54, 1.807) is 0 Å². The van der Waals surface area contributed by atoms with E-state index in [0.717, 1.165) is 110 Å². The molecule has 3 N–H and O–H groups in total. The number of carbonyl (C=O) groups is 1. The van der Waals surface area contributed by atoms with Crippen LogP contribution in [0.15, 0.2) is 72.8 Å². The van der Waals surface area contributed by atoms with Crippen molar-refractivity contribution in [1.82, 2.24) is 15.5 Å². The van der Waals surface area contributed by atoms with E-state index in [4.69, 9.17) is 14.2 Å². The van der Waals surface area contributed by atoms with Crippen molar-refractivity contribution in [2.24, 2.45) is 17.8 Å². The summed E-state index contributed by atoms with van der Waals surface area (Å²) >= 11 is 0. The van der Waals surface area contributed by atoms with Gasteiger partial charge in [0, 0.05) is 43.7 Å². The van der Waals surface area contributed by atoms with E-state index in [0.29, 0.717) is 6.54 Å². The van der Waals surface area contributed by atoms with Crippen LogP contribution in [-0.4, -0.2) is 60.5 Å². The predicted octanol–water partition coefficient (Wildman–Crippen LogP) is 6.49. The molecule has 8 heteroatoms. The third-order valence-corrected chi connectivity index (χ3v) is 11.5. The number of rotatable bonds is 9. The first-order valence-corrected chi connectivity index (χ1v) is 18.1. The van der Waals surface area contributed by atoms with Crippen LogP contribution in [0.25, 0.3) is 11.1 Å². The molecule has 254 valence electrons. The number of hydrogen-bond acceptors (Lipinski definition) is 6. The van der Waals surface area contributed by atoms with Gasteiger partial charge in [0.25, 0.3) is 0 Å². The fraction of sp³-hybridized carbons (Fsp3) is 0.525. The Morgan fingerprint density at radius 1 is 0.792 bits per heavy atom. The first-order chi connectivity index (χ1) is 23.5. The van der Waals surface area contributed by atoms with E-state index in [9.17, 15) is 9.90 Å². The number of carbonyl (C=O) groups excluding carboxylic acids is 1. The van der Waals surface area contributed by atoms with Crippen LogP contribution in [0.1, 0.15) is 79.6 Å². The molecule has 3 atom stereocenters. The zero-order valence-electron chi connectivity index (χ0n) is 27.8. The Balaban J connectivity index is 0.918. The van der Waals surface area contributed by atoms with Gasteiger partial charge in [-0.05, 0) is 90.2 Å². The van der Waals surface area contributed by atoms with Crippen molar-refractivity contribution in [1.29, 1.82) is 0 Å². The van der Waals surface area contributed by atoms with Crippen LogP contribution in [0.2, 0.25) is 0 Å². The van der Waals surface area contributed by atoms with Crippen molar-refractivity contribution in [3.05, 3.63) is 95.1 Å². The maximum Gasteiger partial charge on any atom is 0.315 e. The minimum absolute atomic E-state index is 0.0151. The van der Waals surface area contributed by atoms with Crippen LogP contribution in [0, 0.1) is 17.8 Å². The number of hydrogen-bond donors (Lipinski definition) is 3. The van der Waals surface area contributed by atoms with Gasteiger partial charge in [0.05, 0.1) is 32.0 Å². The third kappa shape index (κ3) is 7.19. The summed E-state index contributed by atoms with van der Waals surface area (Å²) in [6.45, 7) is 4.71. The molecule has 2 saturated heterocycles. The largest absolute Gasteiger partial charge is 0.392 e. The molecule has 3 aromatic rings. The Morgan fingerprint density at radius 3 is 2.17 bits per heavy atom. The van der Waals surface area contributed by atoms with Crippen molar-refractivity contribution < 1.29 is 24.1 Å². The topological polar surface area (TPSA) is 92.3 Å². The third-order valence-electron chi connectivity index (χ3n) is 11.5. The van der Waals surface area contributed by atoms with Crippen LogP contribution in [0.3, 0.4) is 0 Å². The van der Waals surface area contributed by atoms with Gasteiger partial charge in [0.1, 0.15) is 0 Å². The number of morpholine rings is 1. The SMILES string of the molecule is O=C(NCc1cccc(-c2ccc([C@H]3O[C@@H](CN4CCOCC4)C[C@@H](c4ccc(CO)cc4)O3)cc2)c1)NC12CC3CC(CC(C3)C1)C2. The van der Waals surface area contributed by atoms with Gasteiger partial charge in [0.15, 0.2) is 6.29 Å². The van der Waals surface area contributed by atoms with Gasteiger partial charge in [-0.2, -0.15) is 0 Å². The van der Waals surface area contributed by atoms with Gasteiger partial charge in [-0.1, -0.05) is 66.7 Å². The van der Waals surface area contributed by atoms with Crippen molar-refractivity contribution in [3.8, 4) is 11.1 Å². The number of urea groups is 1. The van der Waals surface area contributed by atoms with Gasteiger partial charge in [-0.25, -0.2) is 4.79 Å². The van der Waals surface area contributed by atoms with E-state index in [-0.39, 0.29) is 30.4 Å². The van der Waals surface area contributed by atoms with Gasteiger partial charge in [-0.15, -0.1) is 0 Å². The molecule has 0 radical (unpaired) electrons. The summed E-state index contributed by atoms with van der Waals surface area (Å²) < 4.78 is 18.7. The molecule has 4 aliphatic carbocycles. The molecule has 2 amide bonds. The van der Waals surface area contributed by atoms with Crippen molar-refractivity contribution in [2.75, 3.05) is 32.8 Å². The lowest BCUT2D eigenvalue weighted by atomic mass is 9.53. The number of amides is 2. The Labute approximate surface area is 284 Å². The zero-order chi connectivity index (χ0) is 32.5. The molecule has 0 spiro atoms. The number of aliphatic hydroxyl groups is 1. The fourth-order valence-corrected chi connectivity index (χ4v) is 9.53. The fourth-order valence-electron chi connectivity index (χ4n) is 9.53. The highest BCUT2D eigenvalue weighted by Crippen LogP contribution is 2.55. The average Bonchev–Trinajstić information content (AvgIpc) is 3.10. The molecule has 0 unspecified atom stereocenters. The van der Waals surface area contributed by atoms with Crippen molar-refractivity contribution in [2.45, 2.75) is 82.1 Å². The van der Waals surface area contributed by atoms with E-state index in [1.165, 1.54) is 19.3 Å². The Kier molecular flexibility index (Phi) is 9.27. The number of ether oxygens (including phenoxy) is 3. The predicted molar refractivity (Wildman–Crippen MR) is 184 cm³/mol. The van der Waals surface area contributed by atoms with Crippen LogP contribution in [-0.2, 0) is 27.4 Å². The van der Waals surface area contributed by atoms with Crippen LogP contribution < -0.4 is 10.6 Å². The lowest BCUT2D eigenvalue weighted by Crippen LogP contribution is -2.61. The summed E-state index contributed by atoms with van der Waals surface area (Å²) in [5.41, 5.74) is 6.29. The number of nitrogens with zero attached hydrogens (tertiary/aromatic N) is 1. The monoisotopic (exact) mass is 651 g/mol. The second-order valence-corrected chi connectivity index (χ2v) is 15.1. The van der Waals surface area contributed by atoms with Gasteiger partial charge in [-0.3, -0.25) is 4.90 Å². The number of benzene rings is 3. The van der Waals surface area contributed by atoms with Crippen LogP contribution >= 0.6 is 0 Å². The Bertz CT molecular complexity index is 1520. The summed E-state index contributed by atoms with van der Waals surface area (Å²) in [6, 6.07) is 24.9. The van der Waals surface area contributed by atoms with E-state index in [1.807, 2.05) is 12.1 Å². The standard InChI is InChI=1S/C40H49N3O5/c44-26-27-4-6-33(7-5-27)37-20-36(25-43-12-14-46-15-13-43)47-38(48-37)34-10-8-32(9-11-34)35-3-1-2-28(19-35)24-41-39(45)42-40-21-29-16-30(22-40)18-31(17-29)23-40/h1-11,19,29-31,36-38,44H,12-18,20-26H2,(H2,41,42,45)/t29?,30?,31?,36-,37+,38+,40?/m1/s1. The first-order valence-electron chi connectivity index (χ1n) is 18.1. The average molecular weight is 652 g/mol. The second kappa shape index (κ2) is 13.9. The van der Waals surface area contributed by atoms with Crippen LogP contribution in [0.4, 0.5) is 4.79 Å². The van der Waals surface area contributed by atoms with Gasteiger partial charge >= 0.3 is 6.03 Å². The summed E-state index contributed by atoms with van der Waals surface area (Å²) in [5, 5.41) is 16.1. The molecule has 0 aromatic heterocycles. The van der Waals surface area contributed by atoms with Crippen molar-refractivity contribution >= 4 is 6.03 Å². The number of aliphatic hydroxyl groups excluding tert-OH is 1. The molecule has 2 heterocycles. The molecule has 4 bridgehead atoms. The maximum absolute atomic E-state index is 13.1. The minimum atomic E-state index is -0.482. The van der Waals surface area contributed by atoms with E-state index in [2.05, 4.69) is 76.2 Å². The molecule has 4 saturated carbocycles. The second-order valence-electron chi connectivity index (χ2n) is 15.1. The zero-order valence-corrected chi connectivity index (χ0v) is 27.8. The summed E-state index contributed by atoms with van der Waals surface area (Å²) in [6.07, 6.45) is 7.77. The lowest BCUT2D eigenvalue weighted by Gasteiger charge is -2.56. The quantitative estimate of drug-likeness (QED) is 0.245. The number of nitrogens with one attached hydrogen (secondary N) is 2. The van der Waals surface area contributed by atoms with Crippen molar-refractivity contribution in [3.63, 3.8) is 0 Å². The summed E-state index contributed by atoms with van der Waals surface area (Å²) in [4.78, 5) is 15.5. The molecule has 6 fully saturated rings. The molecule has 8 nitrogen and oxygen atoms in total. The Hall–Kier alpha value is -3.27. The Morgan fingerprint density at radius 2 is 1.48 bits per heavy atom. The summed E-state index contributed by atoms with van der Waals surface area (Å²) in [5.74, 6) is 2.41. The molecule has 2 aliphatic heterocycles. The summed E-state index contributed by atoms with van der Waals surface area (Å²) in [7, 11) is 0. The smallest absolute Gasteiger partial charge is 0.315 e. The normalized spacial score (nSPS) is 31.4. The molecule has 48 heavy (non-hydrogen) atoms. The van der Waals surface area contributed by atoms with E-state index < -0.39 is 6.29 Å². The molecule has 3 aromatic carbocycles. The molecular weight excluding hydrogens is 602 g/mol. The van der Waals surface area contributed by atoms with E-state index >= 15 is 0 Å². The molecule has 6 aliphatic rings.